The van der Waals surface area contributed by atoms with E-state index in [2.05, 4.69) is 25.6 Å². The van der Waals surface area contributed by atoms with Crippen LogP contribution in [0.3, 0.4) is 0 Å². The Bertz CT molecular complexity index is 1260. The SMILES string of the molecule is Clc1cccc(Nc2ccc3nnc(Cn4ccc5cccnc54)n3n2)c1. The van der Waals surface area contributed by atoms with E-state index >= 15 is 0 Å². The largest absolute Gasteiger partial charge is 0.339 e. The predicted molar refractivity (Wildman–Crippen MR) is 104 cm³/mol. The van der Waals surface area contributed by atoms with E-state index in [1.165, 1.54) is 0 Å². The highest BCUT2D eigenvalue weighted by atomic mass is 35.5. The summed E-state index contributed by atoms with van der Waals surface area (Å²) < 4.78 is 3.77. The van der Waals surface area contributed by atoms with Crippen molar-refractivity contribution in [1.82, 2.24) is 29.4 Å². The van der Waals surface area contributed by atoms with Gasteiger partial charge in [-0.1, -0.05) is 17.7 Å². The van der Waals surface area contributed by atoms with Gasteiger partial charge in [-0.3, -0.25) is 0 Å². The summed E-state index contributed by atoms with van der Waals surface area (Å²) in [5.74, 6) is 1.41. The van der Waals surface area contributed by atoms with Crippen LogP contribution < -0.4 is 5.32 Å². The third-order valence-electron chi connectivity index (χ3n) is 4.26. The number of nitrogens with zero attached hydrogens (tertiary/aromatic N) is 6. The summed E-state index contributed by atoms with van der Waals surface area (Å²) in [5, 5.41) is 18.1. The van der Waals surface area contributed by atoms with Crippen LogP contribution in [0.1, 0.15) is 5.82 Å². The summed E-state index contributed by atoms with van der Waals surface area (Å²) in [6.07, 6.45) is 3.78. The van der Waals surface area contributed by atoms with Gasteiger partial charge in [0.05, 0.1) is 6.54 Å². The first-order valence-electron chi connectivity index (χ1n) is 8.40. The molecule has 4 aromatic heterocycles. The normalized spacial score (nSPS) is 11.3. The van der Waals surface area contributed by atoms with E-state index in [4.69, 9.17) is 11.6 Å². The maximum Gasteiger partial charge on any atom is 0.178 e. The molecule has 1 N–H and O–H groups in total. The lowest BCUT2D eigenvalue weighted by Gasteiger charge is -2.07. The van der Waals surface area contributed by atoms with Gasteiger partial charge >= 0.3 is 0 Å². The number of fused-ring (bicyclic) bond motifs is 2. The molecule has 0 unspecified atom stereocenters. The van der Waals surface area contributed by atoms with Crippen LogP contribution in [0.5, 0.6) is 0 Å². The molecule has 0 bridgehead atoms. The van der Waals surface area contributed by atoms with Gasteiger partial charge in [-0.25, -0.2) is 4.98 Å². The van der Waals surface area contributed by atoms with E-state index in [0.717, 1.165) is 22.5 Å². The molecule has 0 aliphatic carbocycles. The second kappa shape index (κ2) is 6.37. The Balaban J connectivity index is 1.50. The minimum Gasteiger partial charge on any atom is -0.339 e. The van der Waals surface area contributed by atoms with Crippen molar-refractivity contribution in [2.24, 2.45) is 0 Å². The van der Waals surface area contributed by atoms with Gasteiger partial charge in [-0.05, 0) is 48.5 Å². The molecule has 0 spiro atoms. The van der Waals surface area contributed by atoms with Gasteiger partial charge in [-0.15, -0.1) is 15.3 Å². The van der Waals surface area contributed by atoms with Crippen molar-refractivity contribution in [3.05, 3.63) is 77.8 Å². The fraction of sp³-hybridized carbons (Fsp3) is 0.0526. The highest BCUT2D eigenvalue weighted by Crippen LogP contribution is 2.19. The summed E-state index contributed by atoms with van der Waals surface area (Å²) in [4.78, 5) is 4.44. The zero-order valence-corrected chi connectivity index (χ0v) is 14.9. The number of aromatic nitrogens is 6. The summed E-state index contributed by atoms with van der Waals surface area (Å²) >= 11 is 6.05. The van der Waals surface area contributed by atoms with Crippen molar-refractivity contribution in [2.75, 3.05) is 5.32 Å². The molecule has 0 radical (unpaired) electrons. The van der Waals surface area contributed by atoms with Gasteiger partial charge in [0.1, 0.15) is 5.65 Å². The highest BCUT2D eigenvalue weighted by Gasteiger charge is 2.10. The number of halogens is 1. The van der Waals surface area contributed by atoms with Crippen LogP contribution in [0.15, 0.2) is 67.0 Å². The number of hydrogen-bond acceptors (Lipinski definition) is 5. The minimum atomic E-state index is 0.523. The van der Waals surface area contributed by atoms with Crippen LogP contribution in [-0.4, -0.2) is 29.4 Å². The summed E-state index contributed by atoms with van der Waals surface area (Å²) in [6, 6.07) is 17.2. The van der Waals surface area contributed by atoms with Crippen molar-refractivity contribution < 1.29 is 0 Å². The van der Waals surface area contributed by atoms with Crippen LogP contribution in [0.4, 0.5) is 11.5 Å². The smallest absolute Gasteiger partial charge is 0.178 e. The van der Waals surface area contributed by atoms with Crippen LogP contribution in [0, 0.1) is 0 Å². The lowest BCUT2D eigenvalue weighted by atomic mass is 10.3. The predicted octanol–water partition coefficient (Wildman–Crippen LogP) is 3.92. The van der Waals surface area contributed by atoms with Gasteiger partial charge < -0.3 is 9.88 Å². The molecule has 8 heteroatoms. The number of pyridine rings is 1. The maximum atomic E-state index is 6.05. The average Bonchev–Trinajstić information content (AvgIpc) is 3.27. The number of hydrogen-bond donors (Lipinski definition) is 1. The standard InChI is InChI=1S/C19H14ClN7/c20-14-4-1-5-15(11-14)22-16-6-7-17-23-24-18(27(17)25-16)12-26-10-8-13-3-2-9-21-19(13)26/h1-11H,12H2,(H,22,25). The first kappa shape index (κ1) is 15.8. The molecule has 0 saturated heterocycles. The van der Waals surface area contributed by atoms with E-state index < -0.39 is 0 Å². The quantitative estimate of drug-likeness (QED) is 0.515. The molecule has 132 valence electrons. The second-order valence-electron chi connectivity index (χ2n) is 6.10. The fourth-order valence-electron chi connectivity index (χ4n) is 3.01. The minimum absolute atomic E-state index is 0.523. The molecule has 0 atom stereocenters. The van der Waals surface area contributed by atoms with Crippen molar-refractivity contribution in [3.63, 3.8) is 0 Å². The Kier molecular flexibility index (Phi) is 3.72. The first-order valence-corrected chi connectivity index (χ1v) is 8.78. The van der Waals surface area contributed by atoms with Crippen molar-refractivity contribution in [2.45, 2.75) is 6.54 Å². The number of benzene rings is 1. The molecule has 5 aromatic rings. The topological polar surface area (TPSA) is 72.9 Å². The Hall–Kier alpha value is -3.45. The zero-order chi connectivity index (χ0) is 18.2. The number of nitrogens with one attached hydrogen (secondary N) is 1. The Labute approximate surface area is 159 Å². The first-order chi connectivity index (χ1) is 13.3. The van der Waals surface area contributed by atoms with Gasteiger partial charge in [0.15, 0.2) is 17.3 Å². The third kappa shape index (κ3) is 2.98. The maximum absolute atomic E-state index is 6.05. The number of rotatable bonds is 4. The Morgan fingerprint density at radius 2 is 1.96 bits per heavy atom. The van der Waals surface area contributed by atoms with Gasteiger partial charge in [-0.2, -0.15) is 4.52 Å². The van der Waals surface area contributed by atoms with Crippen LogP contribution in [-0.2, 0) is 6.54 Å². The van der Waals surface area contributed by atoms with Crippen LogP contribution in [0.2, 0.25) is 5.02 Å². The molecule has 7 nitrogen and oxygen atoms in total. The van der Waals surface area contributed by atoms with Crippen LogP contribution >= 0.6 is 11.6 Å². The summed E-state index contributed by atoms with van der Waals surface area (Å²) in [5.41, 5.74) is 2.46. The van der Waals surface area contributed by atoms with Gasteiger partial charge in [0.25, 0.3) is 0 Å². The van der Waals surface area contributed by atoms with E-state index in [1.807, 2.05) is 65.4 Å². The molecule has 0 fully saturated rings. The molecule has 0 aliphatic rings. The Morgan fingerprint density at radius 3 is 2.89 bits per heavy atom. The van der Waals surface area contributed by atoms with E-state index in [0.29, 0.717) is 23.0 Å². The summed E-state index contributed by atoms with van der Waals surface area (Å²) in [6.45, 7) is 0.523. The molecule has 0 amide bonds. The lowest BCUT2D eigenvalue weighted by Crippen LogP contribution is -2.07. The second-order valence-corrected chi connectivity index (χ2v) is 6.54. The zero-order valence-electron chi connectivity index (χ0n) is 14.1. The van der Waals surface area contributed by atoms with E-state index in [1.54, 1.807) is 10.7 Å². The molecular weight excluding hydrogens is 362 g/mol. The highest BCUT2D eigenvalue weighted by molar-refractivity contribution is 6.30. The molecule has 0 aliphatic heterocycles. The molecule has 5 rings (SSSR count). The Morgan fingerprint density at radius 1 is 1.00 bits per heavy atom. The van der Waals surface area contributed by atoms with Gasteiger partial charge in [0.2, 0.25) is 0 Å². The molecular formula is C19H14ClN7. The molecule has 4 heterocycles. The molecule has 1 aromatic carbocycles. The van der Waals surface area contributed by atoms with E-state index in [9.17, 15) is 0 Å². The molecule has 27 heavy (non-hydrogen) atoms. The van der Waals surface area contributed by atoms with Gasteiger partial charge in [0, 0.05) is 28.5 Å². The van der Waals surface area contributed by atoms with Crippen molar-refractivity contribution in [1.29, 1.82) is 0 Å². The average molecular weight is 376 g/mol. The number of anilines is 2. The molecule has 0 saturated carbocycles. The lowest BCUT2D eigenvalue weighted by molar-refractivity contribution is 0.723. The van der Waals surface area contributed by atoms with E-state index in [-0.39, 0.29) is 0 Å². The monoisotopic (exact) mass is 375 g/mol. The summed E-state index contributed by atoms with van der Waals surface area (Å²) in [7, 11) is 0. The third-order valence-corrected chi connectivity index (χ3v) is 4.49. The van der Waals surface area contributed by atoms with Crippen molar-refractivity contribution in [3.8, 4) is 0 Å². The van der Waals surface area contributed by atoms with Crippen molar-refractivity contribution >= 4 is 39.8 Å². The fourth-order valence-corrected chi connectivity index (χ4v) is 3.20. The van der Waals surface area contributed by atoms with Crippen LogP contribution in [0.25, 0.3) is 16.7 Å².